The zero-order valence-corrected chi connectivity index (χ0v) is 15.2. The topological polar surface area (TPSA) is 37.8 Å². The molecule has 0 aliphatic carbocycles. The standard InChI is InChI=1S/C20H16ClN3S/c1-13-12-16-18(23-20(21)24-19(16)25-13)22-17(14-8-4-2-5-9-14)15-10-6-3-7-11-15/h2-12,17H,1H3,(H,22,23,24). The van der Waals surface area contributed by atoms with Crippen molar-refractivity contribution in [3.63, 3.8) is 0 Å². The van der Waals surface area contributed by atoms with Crippen molar-refractivity contribution in [2.24, 2.45) is 0 Å². The number of aromatic nitrogens is 2. The minimum absolute atomic E-state index is 0.0169. The smallest absolute Gasteiger partial charge is 0.225 e. The Morgan fingerprint density at radius 2 is 1.52 bits per heavy atom. The normalized spacial score (nSPS) is 11.2. The first-order chi connectivity index (χ1) is 12.2. The zero-order valence-electron chi connectivity index (χ0n) is 13.6. The number of nitrogens with zero attached hydrogens (tertiary/aromatic N) is 2. The maximum Gasteiger partial charge on any atom is 0.225 e. The second kappa shape index (κ2) is 6.82. The van der Waals surface area contributed by atoms with Crippen LogP contribution in [0.3, 0.4) is 0 Å². The number of halogens is 1. The summed E-state index contributed by atoms with van der Waals surface area (Å²) in [6.45, 7) is 2.07. The lowest BCUT2D eigenvalue weighted by Gasteiger charge is -2.21. The van der Waals surface area contributed by atoms with Gasteiger partial charge in [-0.15, -0.1) is 11.3 Å². The Bertz CT molecular complexity index is 960. The van der Waals surface area contributed by atoms with Crippen molar-refractivity contribution in [3.05, 3.63) is 88.0 Å². The fraction of sp³-hybridized carbons (Fsp3) is 0.100. The molecule has 0 bridgehead atoms. The molecule has 0 radical (unpaired) electrons. The van der Waals surface area contributed by atoms with E-state index in [9.17, 15) is 0 Å². The second-order valence-electron chi connectivity index (χ2n) is 5.82. The Morgan fingerprint density at radius 1 is 0.920 bits per heavy atom. The summed E-state index contributed by atoms with van der Waals surface area (Å²) in [5.74, 6) is 0.761. The van der Waals surface area contributed by atoms with E-state index in [1.807, 2.05) is 36.4 Å². The van der Waals surface area contributed by atoms with Gasteiger partial charge >= 0.3 is 0 Å². The number of aryl methyl sites for hydroxylation is 1. The average molecular weight is 366 g/mol. The quantitative estimate of drug-likeness (QED) is 0.460. The molecule has 0 unspecified atom stereocenters. The third-order valence-electron chi connectivity index (χ3n) is 4.04. The van der Waals surface area contributed by atoms with Crippen LogP contribution in [0.2, 0.25) is 5.28 Å². The van der Waals surface area contributed by atoms with E-state index in [-0.39, 0.29) is 11.3 Å². The van der Waals surface area contributed by atoms with Crippen molar-refractivity contribution in [3.8, 4) is 0 Å². The summed E-state index contributed by atoms with van der Waals surface area (Å²) in [6, 6.07) is 22.8. The molecule has 0 saturated heterocycles. The Labute approximate surface area is 155 Å². The SMILES string of the molecule is Cc1cc2c(NC(c3ccccc3)c3ccccc3)nc(Cl)nc2s1. The molecule has 25 heavy (non-hydrogen) atoms. The lowest BCUT2D eigenvalue weighted by atomic mass is 9.98. The number of thiophene rings is 1. The molecule has 2 aromatic carbocycles. The van der Waals surface area contributed by atoms with Crippen molar-refractivity contribution in [2.45, 2.75) is 13.0 Å². The number of fused-ring (bicyclic) bond motifs is 1. The van der Waals surface area contributed by atoms with Crippen molar-refractivity contribution >= 4 is 39.0 Å². The minimum atomic E-state index is -0.0169. The van der Waals surface area contributed by atoms with Crippen LogP contribution in [0.15, 0.2) is 66.7 Å². The van der Waals surface area contributed by atoms with Gasteiger partial charge in [0.1, 0.15) is 10.6 Å². The van der Waals surface area contributed by atoms with Gasteiger partial charge in [-0.2, -0.15) is 0 Å². The first-order valence-corrected chi connectivity index (χ1v) is 9.20. The first-order valence-electron chi connectivity index (χ1n) is 8.01. The summed E-state index contributed by atoms with van der Waals surface area (Å²) in [4.78, 5) is 10.9. The third-order valence-corrected chi connectivity index (χ3v) is 5.15. The fourth-order valence-corrected chi connectivity index (χ4v) is 4.01. The number of rotatable bonds is 4. The van der Waals surface area contributed by atoms with Gasteiger partial charge in [-0.05, 0) is 35.7 Å². The molecule has 124 valence electrons. The highest BCUT2D eigenvalue weighted by molar-refractivity contribution is 7.18. The zero-order chi connectivity index (χ0) is 17.2. The minimum Gasteiger partial charge on any atom is -0.358 e. The average Bonchev–Trinajstić information content (AvgIpc) is 3.01. The van der Waals surface area contributed by atoms with Crippen LogP contribution in [-0.4, -0.2) is 9.97 Å². The first kappa shape index (κ1) is 16.1. The summed E-state index contributed by atoms with van der Waals surface area (Å²) < 4.78 is 0. The second-order valence-corrected chi connectivity index (χ2v) is 7.39. The predicted molar refractivity (Wildman–Crippen MR) is 106 cm³/mol. The molecule has 0 spiro atoms. The molecule has 1 N–H and O–H groups in total. The van der Waals surface area contributed by atoms with E-state index < -0.39 is 0 Å². The van der Waals surface area contributed by atoms with E-state index >= 15 is 0 Å². The van der Waals surface area contributed by atoms with Gasteiger partial charge in [0.2, 0.25) is 5.28 Å². The van der Waals surface area contributed by atoms with Crippen molar-refractivity contribution in [2.75, 3.05) is 5.32 Å². The van der Waals surface area contributed by atoms with Gasteiger partial charge in [-0.25, -0.2) is 9.97 Å². The fourth-order valence-electron chi connectivity index (χ4n) is 2.91. The maximum absolute atomic E-state index is 6.15. The van der Waals surface area contributed by atoms with Gasteiger partial charge in [0.25, 0.3) is 0 Å². The highest BCUT2D eigenvalue weighted by atomic mass is 35.5. The Kier molecular flexibility index (Phi) is 4.38. The Hall–Kier alpha value is -2.43. The lowest BCUT2D eigenvalue weighted by molar-refractivity contribution is 0.928. The van der Waals surface area contributed by atoms with Gasteiger partial charge in [-0.3, -0.25) is 0 Å². The molecule has 0 fully saturated rings. The third kappa shape index (κ3) is 3.36. The maximum atomic E-state index is 6.15. The number of anilines is 1. The van der Waals surface area contributed by atoms with Crippen LogP contribution in [0, 0.1) is 6.92 Å². The monoisotopic (exact) mass is 365 g/mol. The molecule has 2 aromatic heterocycles. The van der Waals surface area contributed by atoms with E-state index in [4.69, 9.17) is 11.6 Å². The van der Waals surface area contributed by atoms with E-state index in [1.165, 1.54) is 16.0 Å². The summed E-state index contributed by atoms with van der Waals surface area (Å²) in [5, 5.41) is 4.84. The Balaban J connectivity index is 1.82. The van der Waals surface area contributed by atoms with E-state index in [0.717, 1.165) is 16.0 Å². The van der Waals surface area contributed by atoms with Crippen LogP contribution in [0.25, 0.3) is 10.2 Å². The number of hydrogen-bond acceptors (Lipinski definition) is 4. The van der Waals surface area contributed by atoms with Gasteiger partial charge in [0.05, 0.1) is 11.4 Å². The van der Waals surface area contributed by atoms with Gasteiger partial charge < -0.3 is 5.32 Å². The Morgan fingerprint density at radius 3 is 2.12 bits per heavy atom. The lowest BCUT2D eigenvalue weighted by Crippen LogP contribution is -2.13. The number of benzene rings is 2. The van der Waals surface area contributed by atoms with Crippen molar-refractivity contribution in [1.82, 2.24) is 9.97 Å². The predicted octanol–water partition coefficient (Wildman–Crippen LogP) is 5.85. The molecule has 4 aromatic rings. The molecule has 5 heteroatoms. The highest BCUT2D eigenvalue weighted by Crippen LogP contribution is 2.33. The van der Waals surface area contributed by atoms with Gasteiger partial charge in [0, 0.05) is 4.88 Å². The molecule has 3 nitrogen and oxygen atoms in total. The van der Waals surface area contributed by atoms with Crippen LogP contribution in [0.1, 0.15) is 22.0 Å². The molecule has 2 heterocycles. The summed E-state index contributed by atoms with van der Waals surface area (Å²) in [5.41, 5.74) is 2.34. The van der Waals surface area contributed by atoms with E-state index in [1.54, 1.807) is 11.3 Å². The van der Waals surface area contributed by atoms with Crippen LogP contribution in [0.4, 0.5) is 5.82 Å². The van der Waals surface area contributed by atoms with E-state index in [2.05, 4.69) is 52.5 Å². The van der Waals surface area contributed by atoms with Crippen molar-refractivity contribution < 1.29 is 0 Å². The van der Waals surface area contributed by atoms with Gasteiger partial charge in [-0.1, -0.05) is 60.7 Å². The van der Waals surface area contributed by atoms with Crippen LogP contribution < -0.4 is 5.32 Å². The largest absolute Gasteiger partial charge is 0.358 e. The molecule has 0 atom stereocenters. The van der Waals surface area contributed by atoms with Crippen LogP contribution in [-0.2, 0) is 0 Å². The molecule has 0 saturated carbocycles. The molecule has 0 aliphatic rings. The summed E-state index contributed by atoms with van der Waals surface area (Å²) >= 11 is 7.78. The summed E-state index contributed by atoms with van der Waals surface area (Å²) in [6.07, 6.45) is 0. The number of hydrogen-bond donors (Lipinski definition) is 1. The molecule has 0 amide bonds. The molecule has 0 aliphatic heterocycles. The molecular formula is C20H16ClN3S. The van der Waals surface area contributed by atoms with Crippen LogP contribution >= 0.6 is 22.9 Å². The highest BCUT2D eigenvalue weighted by Gasteiger charge is 2.17. The van der Waals surface area contributed by atoms with Gasteiger partial charge in [0.15, 0.2) is 0 Å². The van der Waals surface area contributed by atoms with Crippen molar-refractivity contribution in [1.29, 1.82) is 0 Å². The van der Waals surface area contributed by atoms with E-state index in [0.29, 0.717) is 0 Å². The number of nitrogens with one attached hydrogen (secondary N) is 1. The van der Waals surface area contributed by atoms with Crippen LogP contribution in [0.5, 0.6) is 0 Å². The molecule has 4 rings (SSSR count). The molecular weight excluding hydrogens is 350 g/mol. The summed E-state index contributed by atoms with van der Waals surface area (Å²) in [7, 11) is 0.